The first-order chi connectivity index (χ1) is 8.20. The number of unbranched alkanes of at least 4 members (excludes halogenated alkanes) is 1. The second kappa shape index (κ2) is 5.08. The molecule has 0 amide bonds. The summed E-state index contributed by atoms with van der Waals surface area (Å²) in [5.74, 6) is 0.786. The van der Waals surface area contributed by atoms with Gasteiger partial charge in [-0.25, -0.2) is 9.97 Å². The van der Waals surface area contributed by atoms with E-state index in [0.717, 1.165) is 41.9 Å². The van der Waals surface area contributed by atoms with Gasteiger partial charge in [0.05, 0.1) is 11.1 Å². The van der Waals surface area contributed by atoms with Crippen LogP contribution in [0.15, 0.2) is 18.3 Å². The molecule has 0 N–H and O–H groups in total. The number of hydrogen-bond acceptors (Lipinski definition) is 3. The van der Waals surface area contributed by atoms with Crippen LogP contribution in [0.25, 0.3) is 11.0 Å². The Labute approximate surface area is 101 Å². The molecule has 0 aliphatic carbocycles. The standard InChI is InChI=1S/C13H18N4/c1-4-5-6-7-8-17-9-12-10(2)14-11(3)15-13(12)16-17/h4-5,9H,6-8H2,1-3H3/b5-4+. The Kier molecular flexibility index (Phi) is 3.52. The lowest BCUT2D eigenvalue weighted by Crippen LogP contribution is -1.97. The lowest BCUT2D eigenvalue weighted by Gasteiger charge is -1.97. The van der Waals surface area contributed by atoms with Crippen molar-refractivity contribution in [3.05, 3.63) is 29.9 Å². The van der Waals surface area contributed by atoms with Crippen molar-refractivity contribution in [1.29, 1.82) is 0 Å². The molecule has 0 atom stereocenters. The zero-order valence-corrected chi connectivity index (χ0v) is 10.6. The van der Waals surface area contributed by atoms with Crippen LogP contribution in [0.5, 0.6) is 0 Å². The van der Waals surface area contributed by atoms with E-state index in [9.17, 15) is 0 Å². The van der Waals surface area contributed by atoms with Crippen LogP contribution < -0.4 is 0 Å². The first kappa shape index (κ1) is 11.8. The highest BCUT2D eigenvalue weighted by atomic mass is 15.3. The first-order valence-corrected chi connectivity index (χ1v) is 6.00. The maximum atomic E-state index is 4.47. The number of hydrogen-bond donors (Lipinski definition) is 0. The highest BCUT2D eigenvalue weighted by molar-refractivity contribution is 5.76. The molecule has 0 aliphatic rings. The minimum absolute atomic E-state index is 0.786. The van der Waals surface area contributed by atoms with E-state index < -0.39 is 0 Å². The van der Waals surface area contributed by atoms with Crippen LogP contribution in [0, 0.1) is 13.8 Å². The van der Waals surface area contributed by atoms with Gasteiger partial charge in [-0.2, -0.15) is 5.10 Å². The molecule has 2 aromatic heterocycles. The Morgan fingerprint density at radius 2 is 2.12 bits per heavy atom. The van der Waals surface area contributed by atoms with Crippen molar-refractivity contribution in [3.8, 4) is 0 Å². The monoisotopic (exact) mass is 230 g/mol. The molecule has 4 nitrogen and oxygen atoms in total. The Morgan fingerprint density at radius 3 is 2.88 bits per heavy atom. The van der Waals surface area contributed by atoms with Gasteiger partial charge in [0.25, 0.3) is 0 Å². The molecule has 0 saturated carbocycles. The normalized spacial score (nSPS) is 11.7. The molecule has 0 fully saturated rings. The van der Waals surface area contributed by atoms with Crippen LogP contribution in [-0.4, -0.2) is 19.7 Å². The van der Waals surface area contributed by atoms with Crippen LogP contribution in [-0.2, 0) is 6.54 Å². The number of allylic oxidation sites excluding steroid dienone is 2. The van der Waals surface area contributed by atoms with Crippen molar-refractivity contribution < 1.29 is 0 Å². The third-order valence-corrected chi connectivity index (χ3v) is 2.72. The van der Waals surface area contributed by atoms with Crippen LogP contribution in [0.3, 0.4) is 0 Å². The molecule has 17 heavy (non-hydrogen) atoms. The average molecular weight is 230 g/mol. The summed E-state index contributed by atoms with van der Waals surface area (Å²) in [5.41, 5.74) is 1.81. The fraction of sp³-hybridized carbons (Fsp3) is 0.462. The van der Waals surface area contributed by atoms with E-state index in [1.807, 2.05) is 31.6 Å². The van der Waals surface area contributed by atoms with Gasteiger partial charge >= 0.3 is 0 Å². The number of nitrogens with zero attached hydrogens (tertiary/aromatic N) is 4. The Morgan fingerprint density at radius 1 is 1.29 bits per heavy atom. The third-order valence-electron chi connectivity index (χ3n) is 2.72. The lowest BCUT2D eigenvalue weighted by molar-refractivity contribution is 0.587. The lowest BCUT2D eigenvalue weighted by atomic mass is 10.3. The fourth-order valence-corrected chi connectivity index (χ4v) is 1.88. The average Bonchev–Trinajstić information content (AvgIpc) is 2.67. The van der Waals surface area contributed by atoms with E-state index in [4.69, 9.17) is 0 Å². The van der Waals surface area contributed by atoms with E-state index in [1.165, 1.54) is 0 Å². The predicted octanol–water partition coefficient (Wildman–Crippen LogP) is 2.80. The fourth-order valence-electron chi connectivity index (χ4n) is 1.88. The van der Waals surface area contributed by atoms with E-state index in [0.29, 0.717) is 0 Å². The van der Waals surface area contributed by atoms with E-state index >= 15 is 0 Å². The summed E-state index contributed by atoms with van der Waals surface area (Å²) in [6, 6.07) is 0. The summed E-state index contributed by atoms with van der Waals surface area (Å²) in [5, 5.41) is 5.53. The smallest absolute Gasteiger partial charge is 0.184 e. The predicted molar refractivity (Wildman–Crippen MR) is 68.8 cm³/mol. The zero-order valence-electron chi connectivity index (χ0n) is 10.6. The van der Waals surface area contributed by atoms with Crippen molar-refractivity contribution in [2.45, 2.75) is 40.2 Å². The molecule has 0 radical (unpaired) electrons. The topological polar surface area (TPSA) is 43.6 Å². The summed E-state index contributed by atoms with van der Waals surface area (Å²) < 4.78 is 1.97. The second-order valence-electron chi connectivity index (χ2n) is 4.20. The molecule has 0 saturated heterocycles. The Balaban J connectivity index is 2.17. The van der Waals surface area contributed by atoms with Gasteiger partial charge in [0.15, 0.2) is 5.65 Å². The number of aromatic nitrogens is 4. The summed E-state index contributed by atoms with van der Waals surface area (Å²) in [6.45, 7) is 6.88. The summed E-state index contributed by atoms with van der Waals surface area (Å²) in [6.07, 6.45) is 8.50. The number of rotatable bonds is 4. The maximum Gasteiger partial charge on any atom is 0.184 e. The number of aryl methyl sites for hydroxylation is 3. The van der Waals surface area contributed by atoms with Gasteiger partial charge in [-0.1, -0.05) is 12.2 Å². The molecular weight excluding hydrogens is 212 g/mol. The van der Waals surface area contributed by atoms with E-state index in [-0.39, 0.29) is 0 Å². The van der Waals surface area contributed by atoms with Crippen LogP contribution in [0.1, 0.15) is 31.3 Å². The minimum Gasteiger partial charge on any atom is -0.270 e. The van der Waals surface area contributed by atoms with Crippen LogP contribution in [0.4, 0.5) is 0 Å². The van der Waals surface area contributed by atoms with Gasteiger partial charge in [0, 0.05) is 12.7 Å². The molecule has 2 aromatic rings. The highest BCUT2D eigenvalue weighted by Crippen LogP contribution is 2.13. The molecule has 2 rings (SSSR count). The largest absolute Gasteiger partial charge is 0.270 e. The van der Waals surface area contributed by atoms with Gasteiger partial charge in [0.1, 0.15) is 5.82 Å². The van der Waals surface area contributed by atoms with Gasteiger partial charge < -0.3 is 0 Å². The summed E-state index contributed by atoms with van der Waals surface area (Å²) in [4.78, 5) is 8.69. The van der Waals surface area contributed by atoms with Crippen molar-refractivity contribution in [2.75, 3.05) is 0 Å². The Hall–Kier alpha value is -1.71. The van der Waals surface area contributed by atoms with Crippen LogP contribution in [0.2, 0.25) is 0 Å². The van der Waals surface area contributed by atoms with Crippen molar-refractivity contribution in [2.24, 2.45) is 0 Å². The van der Waals surface area contributed by atoms with E-state index in [2.05, 4.69) is 27.2 Å². The summed E-state index contributed by atoms with van der Waals surface area (Å²) in [7, 11) is 0. The van der Waals surface area contributed by atoms with Gasteiger partial charge in [-0.15, -0.1) is 0 Å². The highest BCUT2D eigenvalue weighted by Gasteiger charge is 2.06. The second-order valence-corrected chi connectivity index (χ2v) is 4.20. The van der Waals surface area contributed by atoms with E-state index in [1.54, 1.807) is 0 Å². The zero-order chi connectivity index (χ0) is 12.3. The summed E-state index contributed by atoms with van der Waals surface area (Å²) >= 11 is 0. The molecule has 0 bridgehead atoms. The third kappa shape index (κ3) is 2.70. The number of fused-ring (bicyclic) bond motifs is 1. The van der Waals surface area contributed by atoms with Crippen molar-refractivity contribution >= 4 is 11.0 Å². The minimum atomic E-state index is 0.786. The molecule has 4 heteroatoms. The maximum absolute atomic E-state index is 4.47. The molecule has 0 spiro atoms. The molecule has 2 heterocycles. The van der Waals surface area contributed by atoms with Gasteiger partial charge in [-0.05, 0) is 33.6 Å². The SMILES string of the molecule is C/C=C/CCCn1cc2c(C)nc(C)nc2n1. The molecule has 90 valence electrons. The van der Waals surface area contributed by atoms with Crippen molar-refractivity contribution in [3.63, 3.8) is 0 Å². The molecule has 0 aliphatic heterocycles. The van der Waals surface area contributed by atoms with Gasteiger partial charge in [0.2, 0.25) is 0 Å². The molecular formula is C13H18N4. The molecule has 0 unspecified atom stereocenters. The van der Waals surface area contributed by atoms with Crippen LogP contribution >= 0.6 is 0 Å². The Bertz CT molecular complexity index is 540. The van der Waals surface area contributed by atoms with Crippen molar-refractivity contribution in [1.82, 2.24) is 19.7 Å². The van der Waals surface area contributed by atoms with Gasteiger partial charge in [-0.3, -0.25) is 4.68 Å². The first-order valence-electron chi connectivity index (χ1n) is 6.00. The quantitative estimate of drug-likeness (QED) is 0.599. The molecule has 0 aromatic carbocycles.